The summed E-state index contributed by atoms with van der Waals surface area (Å²) < 4.78 is 26.7. The summed E-state index contributed by atoms with van der Waals surface area (Å²) in [4.78, 5) is 32.6. The molecule has 2 fully saturated rings. The van der Waals surface area contributed by atoms with Crippen molar-refractivity contribution in [1.82, 2.24) is 20.1 Å². The number of anilines is 1. The van der Waals surface area contributed by atoms with Gasteiger partial charge in [-0.1, -0.05) is 6.07 Å². The topological polar surface area (TPSA) is 97.8 Å². The first-order valence-electron chi connectivity index (χ1n) is 12.9. The van der Waals surface area contributed by atoms with Crippen molar-refractivity contribution in [3.8, 4) is 0 Å². The number of hydrogen-bond acceptors (Lipinski definition) is 5. The predicted molar refractivity (Wildman–Crippen MR) is 129 cm³/mol. The van der Waals surface area contributed by atoms with Crippen LogP contribution in [0.15, 0.2) is 12.1 Å². The van der Waals surface area contributed by atoms with Crippen molar-refractivity contribution in [2.24, 2.45) is 0 Å². The van der Waals surface area contributed by atoms with Crippen LogP contribution in [0, 0.1) is 0 Å². The lowest BCUT2D eigenvalue weighted by atomic mass is 10.1. The number of nitrogens with one attached hydrogen (secondary N) is 2. The minimum Gasteiger partial charge on any atom is -0.480 e. The minimum absolute atomic E-state index is 0.0610. The summed E-state index contributed by atoms with van der Waals surface area (Å²) in [6.07, 6.45) is 6.90. The number of piperidine rings is 1. The van der Waals surface area contributed by atoms with Crippen LogP contribution in [0.25, 0.3) is 0 Å². The van der Waals surface area contributed by atoms with Crippen molar-refractivity contribution in [2.75, 3.05) is 38.0 Å². The number of aromatic nitrogens is 1. The first-order valence-corrected chi connectivity index (χ1v) is 12.9. The summed E-state index contributed by atoms with van der Waals surface area (Å²) in [5, 5.41) is 15.5. The summed E-state index contributed by atoms with van der Waals surface area (Å²) in [6, 6.07) is 3.18. The van der Waals surface area contributed by atoms with Crippen molar-refractivity contribution < 1.29 is 23.5 Å². The SMILES string of the molecule is O=C(O)[C@H](CCN(CCCCc1ccc2c(n1)NCCC2)C1CC1)NC(=O)N1CCC(F)(F)CC1. The van der Waals surface area contributed by atoms with Gasteiger partial charge in [-0.25, -0.2) is 23.4 Å². The molecule has 2 aliphatic heterocycles. The van der Waals surface area contributed by atoms with Crippen molar-refractivity contribution in [1.29, 1.82) is 0 Å². The molecule has 194 valence electrons. The molecular weight excluding hydrogens is 456 g/mol. The number of halogens is 2. The number of hydrogen-bond donors (Lipinski definition) is 3. The number of urea groups is 1. The second kappa shape index (κ2) is 11.5. The number of carbonyl (C=O) groups excluding carboxylic acids is 1. The molecule has 1 saturated carbocycles. The molecule has 1 saturated heterocycles. The van der Waals surface area contributed by atoms with Crippen LogP contribution in [0.4, 0.5) is 19.4 Å². The number of fused-ring (bicyclic) bond motifs is 1. The maximum atomic E-state index is 13.3. The van der Waals surface area contributed by atoms with Crippen LogP contribution in [-0.2, 0) is 17.6 Å². The summed E-state index contributed by atoms with van der Waals surface area (Å²) in [6.45, 7) is 2.32. The minimum atomic E-state index is -2.75. The number of nitrogens with zero attached hydrogens (tertiary/aromatic N) is 3. The van der Waals surface area contributed by atoms with E-state index in [2.05, 4.69) is 27.7 Å². The third kappa shape index (κ3) is 7.49. The Hall–Kier alpha value is -2.49. The van der Waals surface area contributed by atoms with Gasteiger partial charge in [0.25, 0.3) is 5.92 Å². The van der Waals surface area contributed by atoms with Crippen molar-refractivity contribution in [3.63, 3.8) is 0 Å². The van der Waals surface area contributed by atoms with E-state index in [9.17, 15) is 23.5 Å². The van der Waals surface area contributed by atoms with Crippen molar-refractivity contribution in [2.45, 2.75) is 82.2 Å². The Kier molecular flexibility index (Phi) is 8.41. The molecule has 1 aliphatic carbocycles. The number of carboxylic acids is 1. The quantitative estimate of drug-likeness (QED) is 0.408. The molecule has 0 spiro atoms. The summed E-state index contributed by atoms with van der Waals surface area (Å²) in [5.74, 6) is -2.82. The van der Waals surface area contributed by atoms with Crippen LogP contribution in [0.5, 0.6) is 0 Å². The second-order valence-electron chi connectivity index (χ2n) is 10.0. The molecule has 1 aromatic heterocycles. The zero-order chi connectivity index (χ0) is 24.8. The fourth-order valence-electron chi connectivity index (χ4n) is 4.88. The third-order valence-electron chi connectivity index (χ3n) is 7.23. The van der Waals surface area contributed by atoms with Gasteiger partial charge in [0.2, 0.25) is 0 Å². The van der Waals surface area contributed by atoms with Crippen LogP contribution in [0.1, 0.15) is 62.6 Å². The Bertz CT molecular complexity index is 886. The van der Waals surface area contributed by atoms with Gasteiger partial charge < -0.3 is 25.5 Å². The van der Waals surface area contributed by atoms with Gasteiger partial charge in [0, 0.05) is 50.8 Å². The van der Waals surface area contributed by atoms with E-state index in [1.165, 1.54) is 10.5 Å². The Morgan fingerprint density at radius 2 is 2.00 bits per heavy atom. The van der Waals surface area contributed by atoms with Crippen molar-refractivity contribution in [3.05, 3.63) is 23.4 Å². The van der Waals surface area contributed by atoms with E-state index in [0.717, 1.165) is 69.5 Å². The number of unbranched alkanes of at least 4 members (excludes halogenated alkanes) is 1. The zero-order valence-electron chi connectivity index (χ0n) is 20.3. The number of amides is 2. The highest BCUT2D eigenvalue weighted by Crippen LogP contribution is 2.29. The molecule has 0 aromatic carbocycles. The lowest BCUT2D eigenvalue weighted by Crippen LogP contribution is -2.52. The van der Waals surface area contributed by atoms with E-state index >= 15 is 0 Å². The first kappa shape index (κ1) is 25.6. The number of carboxylic acid groups (broad SMARTS) is 1. The fraction of sp³-hybridized carbons (Fsp3) is 0.720. The number of rotatable bonds is 11. The number of likely N-dealkylation sites (tertiary alicyclic amines) is 1. The summed E-state index contributed by atoms with van der Waals surface area (Å²) in [5.41, 5.74) is 2.39. The van der Waals surface area contributed by atoms with E-state index in [1.807, 2.05) is 0 Å². The van der Waals surface area contributed by atoms with E-state index < -0.39 is 24.0 Å². The van der Waals surface area contributed by atoms with Crippen LogP contribution < -0.4 is 10.6 Å². The van der Waals surface area contributed by atoms with E-state index in [0.29, 0.717) is 19.0 Å². The average molecular weight is 494 g/mol. The van der Waals surface area contributed by atoms with E-state index in [1.54, 1.807) is 0 Å². The number of pyridine rings is 1. The molecule has 10 heteroatoms. The summed E-state index contributed by atoms with van der Waals surface area (Å²) in [7, 11) is 0. The van der Waals surface area contributed by atoms with Crippen LogP contribution in [-0.4, -0.2) is 82.6 Å². The molecule has 3 N–H and O–H groups in total. The molecule has 0 radical (unpaired) electrons. The molecule has 4 rings (SSSR count). The van der Waals surface area contributed by atoms with E-state index in [4.69, 9.17) is 4.98 Å². The largest absolute Gasteiger partial charge is 0.480 e. The Morgan fingerprint density at radius 1 is 1.23 bits per heavy atom. The number of carbonyl (C=O) groups is 2. The van der Waals surface area contributed by atoms with Crippen LogP contribution >= 0.6 is 0 Å². The Balaban J connectivity index is 1.20. The highest BCUT2D eigenvalue weighted by Gasteiger charge is 2.36. The maximum absolute atomic E-state index is 13.3. The van der Waals surface area contributed by atoms with Gasteiger partial charge in [-0.3, -0.25) is 0 Å². The molecule has 8 nitrogen and oxygen atoms in total. The van der Waals surface area contributed by atoms with Gasteiger partial charge >= 0.3 is 12.0 Å². The molecule has 1 atom stereocenters. The van der Waals surface area contributed by atoms with Gasteiger partial charge in [-0.2, -0.15) is 0 Å². The third-order valence-corrected chi connectivity index (χ3v) is 7.23. The highest BCUT2D eigenvalue weighted by molar-refractivity contribution is 5.82. The average Bonchev–Trinajstić information content (AvgIpc) is 3.67. The lowest BCUT2D eigenvalue weighted by molar-refractivity contribution is -0.139. The van der Waals surface area contributed by atoms with Gasteiger partial charge in [0.1, 0.15) is 11.9 Å². The number of aryl methyl sites for hydroxylation is 2. The van der Waals surface area contributed by atoms with Crippen LogP contribution in [0.2, 0.25) is 0 Å². The normalized spacial score (nSPS) is 20.1. The molecule has 1 aromatic rings. The first-order chi connectivity index (χ1) is 16.8. The summed E-state index contributed by atoms with van der Waals surface area (Å²) >= 11 is 0. The fourth-order valence-corrected chi connectivity index (χ4v) is 4.88. The molecule has 3 heterocycles. The molecular formula is C25H37F2N5O3. The van der Waals surface area contributed by atoms with Gasteiger partial charge in [-0.15, -0.1) is 0 Å². The van der Waals surface area contributed by atoms with E-state index in [-0.39, 0.29) is 25.9 Å². The monoisotopic (exact) mass is 493 g/mol. The molecule has 0 bridgehead atoms. The molecule has 2 amide bonds. The molecule has 35 heavy (non-hydrogen) atoms. The van der Waals surface area contributed by atoms with Gasteiger partial charge in [0.05, 0.1) is 0 Å². The molecule has 3 aliphatic rings. The van der Waals surface area contributed by atoms with Crippen LogP contribution in [0.3, 0.4) is 0 Å². The Morgan fingerprint density at radius 3 is 2.71 bits per heavy atom. The van der Waals surface area contributed by atoms with Crippen molar-refractivity contribution >= 4 is 17.8 Å². The maximum Gasteiger partial charge on any atom is 0.326 e. The number of aliphatic carboxylic acids is 1. The smallest absolute Gasteiger partial charge is 0.326 e. The van der Waals surface area contributed by atoms with Gasteiger partial charge in [-0.05, 0) is 69.5 Å². The zero-order valence-corrected chi connectivity index (χ0v) is 20.3. The molecule has 0 unspecified atom stereocenters. The predicted octanol–water partition coefficient (Wildman–Crippen LogP) is 3.51. The van der Waals surface area contributed by atoms with Gasteiger partial charge in [0.15, 0.2) is 0 Å². The lowest BCUT2D eigenvalue weighted by Gasteiger charge is -2.32. The second-order valence-corrected chi connectivity index (χ2v) is 10.0. The standard InChI is InChI=1S/C25H37F2N5O3/c26-25(27)11-16-32(17-12-25)24(35)30-21(23(33)34)10-15-31(20-8-9-20)14-2-1-5-19-7-6-18-4-3-13-28-22(18)29-19/h6-7,20-21H,1-5,8-17H2,(H,28,29)(H,30,35)(H,33,34)/t21-/m0/s1. The highest BCUT2D eigenvalue weighted by atomic mass is 19.3. The Labute approximate surface area is 205 Å². The number of alkyl halides is 2.